The van der Waals surface area contributed by atoms with Crippen LogP contribution in [0, 0.1) is 12.7 Å². The second kappa shape index (κ2) is 9.49. The number of methoxy groups -OCH3 is 1. The highest BCUT2D eigenvalue weighted by Crippen LogP contribution is 2.31. The molecule has 0 spiro atoms. The standard InChI is InChI=1S/C21H29FN2O7/c1-10(2)24-11(3)14(7-12-5-6-13(29-4)8-15(12)22)20(23-24)31-21-19(28)18(27)17(26)16(9-25)30-21/h5-6,8,10,16-19,21,25-28H,7,9H2,1-4H3/t16-,17-,18+,19-,21-/m1/s1. The molecule has 4 N–H and O–H groups in total. The van der Waals surface area contributed by atoms with Gasteiger partial charge in [-0.25, -0.2) is 4.39 Å². The van der Waals surface area contributed by atoms with Crippen LogP contribution in [0.4, 0.5) is 4.39 Å². The average Bonchev–Trinajstić information content (AvgIpc) is 3.05. The van der Waals surface area contributed by atoms with Gasteiger partial charge in [-0.2, -0.15) is 0 Å². The van der Waals surface area contributed by atoms with E-state index in [4.69, 9.17) is 14.2 Å². The van der Waals surface area contributed by atoms with Crippen LogP contribution in [0.1, 0.15) is 36.7 Å². The Hall–Kier alpha value is -2.24. The van der Waals surface area contributed by atoms with Crippen molar-refractivity contribution < 1.29 is 39.0 Å². The highest BCUT2D eigenvalue weighted by Gasteiger charge is 2.45. The van der Waals surface area contributed by atoms with Gasteiger partial charge in [-0.1, -0.05) is 6.07 Å². The Bertz CT molecular complexity index is 902. The van der Waals surface area contributed by atoms with Crippen LogP contribution in [0.3, 0.4) is 0 Å². The molecule has 0 bridgehead atoms. The lowest BCUT2D eigenvalue weighted by Crippen LogP contribution is -2.60. The van der Waals surface area contributed by atoms with E-state index in [-0.39, 0.29) is 18.3 Å². The number of halogens is 1. The third-order valence-electron chi connectivity index (χ3n) is 5.43. The summed E-state index contributed by atoms with van der Waals surface area (Å²) in [7, 11) is 1.46. The van der Waals surface area contributed by atoms with Gasteiger partial charge in [0.05, 0.1) is 13.7 Å². The molecule has 5 atom stereocenters. The number of aliphatic hydroxyl groups excluding tert-OH is 4. The number of benzene rings is 1. The summed E-state index contributed by atoms with van der Waals surface area (Å²) in [4.78, 5) is 0. The predicted octanol–water partition coefficient (Wildman–Crippen LogP) is 0.690. The van der Waals surface area contributed by atoms with Gasteiger partial charge in [0.25, 0.3) is 0 Å². The van der Waals surface area contributed by atoms with Gasteiger partial charge in [0, 0.05) is 29.8 Å². The lowest BCUT2D eigenvalue weighted by Gasteiger charge is -2.39. The van der Waals surface area contributed by atoms with E-state index in [0.29, 0.717) is 16.9 Å². The third kappa shape index (κ3) is 4.68. The molecule has 2 heterocycles. The fraction of sp³-hybridized carbons (Fsp3) is 0.571. The van der Waals surface area contributed by atoms with Crippen molar-refractivity contribution in [2.75, 3.05) is 13.7 Å². The van der Waals surface area contributed by atoms with Crippen LogP contribution in [-0.4, -0.2) is 74.6 Å². The summed E-state index contributed by atoms with van der Waals surface area (Å²) in [6, 6.07) is 4.53. The molecule has 0 unspecified atom stereocenters. The summed E-state index contributed by atoms with van der Waals surface area (Å²) in [5.41, 5.74) is 1.71. The molecule has 31 heavy (non-hydrogen) atoms. The van der Waals surface area contributed by atoms with E-state index in [0.717, 1.165) is 5.69 Å². The van der Waals surface area contributed by atoms with Gasteiger partial charge in [-0.05, 0) is 32.4 Å². The van der Waals surface area contributed by atoms with Gasteiger partial charge < -0.3 is 34.6 Å². The van der Waals surface area contributed by atoms with Crippen LogP contribution in [0.5, 0.6) is 11.6 Å². The maximum atomic E-state index is 14.6. The highest BCUT2D eigenvalue weighted by atomic mass is 19.1. The fourth-order valence-electron chi connectivity index (χ4n) is 3.59. The van der Waals surface area contributed by atoms with Gasteiger partial charge >= 0.3 is 0 Å². The summed E-state index contributed by atoms with van der Waals surface area (Å²) in [6.07, 6.45) is -6.99. The zero-order valence-electron chi connectivity index (χ0n) is 17.9. The summed E-state index contributed by atoms with van der Waals surface area (Å²) in [5.74, 6) is 0.0502. The van der Waals surface area contributed by atoms with Crippen molar-refractivity contribution >= 4 is 0 Å². The van der Waals surface area contributed by atoms with Crippen molar-refractivity contribution in [1.82, 2.24) is 9.78 Å². The van der Waals surface area contributed by atoms with E-state index in [1.165, 1.54) is 13.2 Å². The molecule has 9 nitrogen and oxygen atoms in total. The highest BCUT2D eigenvalue weighted by molar-refractivity contribution is 5.39. The third-order valence-corrected chi connectivity index (χ3v) is 5.43. The monoisotopic (exact) mass is 440 g/mol. The number of rotatable bonds is 7. The molecular weight excluding hydrogens is 411 g/mol. The molecule has 10 heteroatoms. The van der Waals surface area contributed by atoms with E-state index in [1.54, 1.807) is 16.8 Å². The number of hydrogen-bond acceptors (Lipinski definition) is 8. The van der Waals surface area contributed by atoms with E-state index in [2.05, 4.69) is 5.10 Å². The van der Waals surface area contributed by atoms with Crippen LogP contribution in [0.25, 0.3) is 0 Å². The Morgan fingerprint density at radius 2 is 1.90 bits per heavy atom. The van der Waals surface area contributed by atoms with Crippen molar-refractivity contribution in [1.29, 1.82) is 0 Å². The van der Waals surface area contributed by atoms with Crippen LogP contribution < -0.4 is 9.47 Å². The topological polar surface area (TPSA) is 126 Å². The quantitative estimate of drug-likeness (QED) is 0.496. The first-order chi connectivity index (χ1) is 14.7. The molecule has 1 aromatic carbocycles. The Balaban J connectivity index is 1.94. The van der Waals surface area contributed by atoms with Gasteiger partial charge in [-0.3, -0.25) is 4.68 Å². The zero-order valence-corrected chi connectivity index (χ0v) is 17.9. The van der Waals surface area contributed by atoms with Crippen LogP contribution >= 0.6 is 0 Å². The Kier molecular flexibility index (Phi) is 7.17. The first-order valence-electron chi connectivity index (χ1n) is 10.1. The SMILES string of the molecule is COc1ccc(Cc2c(O[C@H]3O[C@H](CO)[C@@H](O)[C@H](O)[C@H]3O)nn(C(C)C)c2C)c(F)c1. The number of aliphatic hydroxyl groups is 4. The molecule has 2 aromatic rings. The first-order valence-corrected chi connectivity index (χ1v) is 10.1. The molecular formula is C21H29FN2O7. The summed E-state index contributed by atoms with van der Waals surface area (Å²) in [6.45, 7) is 5.10. The van der Waals surface area contributed by atoms with E-state index in [9.17, 15) is 24.8 Å². The second-order valence-electron chi connectivity index (χ2n) is 7.86. The normalized spacial score (nSPS) is 26.3. The summed E-state index contributed by atoms with van der Waals surface area (Å²) in [5, 5.41) is 44.1. The molecule has 0 amide bonds. The Labute approximate surface area is 179 Å². The Morgan fingerprint density at radius 3 is 2.48 bits per heavy atom. The van der Waals surface area contributed by atoms with Crippen molar-refractivity contribution in [2.45, 2.75) is 63.9 Å². The predicted molar refractivity (Wildman–Crippen MR) is 108 cm³/mol. The van der Waals surface area contributed by atoms with Crippen molar-refractivity contribution in [3.05, 3.63) is 40.8 Å². The van der Waals surface area contributed by atoms with Crippen LogP contribution in [0.15, 0.2) is 18.2 Å². The first kappa shape index (κ1) is 23.4. The molecule has 0 saturated carbocycles. The molecule has 1 saturated heterocycles. The number of ether oxygens (including phenoxy) is 3. The van der Waals surface area contributed by atoms with Gasteiger partial charge in [0.1, 0.15) is 36.0 Å². The van der Waals surface area contributed by atoms with Crippen LogP contribution in [-0.2, 0) is 11.2 Å². The fourth-order valence-corrected chi connectivity index (χ4v) is 3.59. The lowest BCUT2D eigenvalue weighted by atomic mass is 9.99. The van der Waals surface area contributed by atoms with E-state index >= 15 is 0 Å². The van der Waals surface area contributed by atoms with Gasteiger partial charge in [-0.15, -0.1) is 5.10 Å². The molecule has 0 radical (unpaired) electrons. The largest absolute Gasteiger partial charge is 0.497 e. The molecule has 1 aliphatic rings. The number of hydrogen-bond donors (Lipinski definition) is 4. The summed E-state index contributed by atoms with van der Waals surface area (Å²) >= 11 is 0. The number of aromatic nitrogens is 2. The van der Waals surface area contributed by atoms with E-state index in [1.807, 2.05) is 20.8 Å². The minimum atomic E-state index is -1.58. The van der Waals surface area contributed by atoms with Gasteiger partial charge in [0.2, 0.25) is 12.2 Å². The molecule has 1 fully saturated rings. The van der Waals surface area contributed by atoms with Crippen LogP contribution in [0.2, 0.25) is 0 Å². The molecule has 172 valence electrons. The number of nitrogens with zero attached hydrogens (tertiary/aromatic N) is 2. The molecule has 1 aliphatic heterocycles. The molecule has 0 aliphatic carbocycles. The van der Waals surface area contributed by atoms with E-state index < -0.39 is 43.1 Å². The maximum Gasteiger partial charge on any atom is 0.239 e. The zero-order chi connectivity index (χ0) is 22.9. The van der Waals surface area contributed by atoms with Crippen molar-refractivity contribution in [2.24, 2.45) is 0 Å². The smallest absolute Gasteiger partial charge is 0.239 e. The average molecular weight is 440 g/mol. The summed E-state index contributed by atoms with van der Waals surface area (Å²) < 4.78 is 32.5. The minimum Gasteiger partial charge on any atom is -0.497 e. The van der Waals surface area contributed by atoms with Crippen molar-refractivity contribution in [3.8, 4) is 11.6 Å². The van der Waals surface area contributed by atoms with Gasteiger partial charge in [0.15, 0.2) is 0 Å². The van der Waals surface area contributed by atoms with Crippen molar-refractivity contribution in [3.63, 3.8) is 0 Å². The minimum absolute atomic E-state index is 0.0217. The molecule has 1 aromatic heterocycles. The second-order valence-corrected chi connectivity index (χ2v) is 7.86. The lowest BCUT2D eigenvalue weighted by molar-refractivity contribution is -0.278. The molecule has 3 rings (SSSR count). The Morgan fingerprint density at radius 1 is 1.19 bits per heavy atom. The maximum absolute atomic E-state index is 14.6.